The van der Waals surface area contributed by atoms with Crippen molar-refractivity contribution in [3.05, 3.63) is 48.5 Å². The van der Waals surface area contributed by atoms with Crippen molar-refractivity contribution in [3.63, 3.8) is 0 Å². The van der Waals surface area contributed by atoms with Crippen LogP contribution in [0.4, 0.5) is 4.79 Å². The molecule has 144 valence electrons. The number of carbonyl (C=O) groups is 1. The molecule has 3 heterocycles. The average Bonchev–Trinajstić information content (AvgIpc) is 3.29. The monoisotopic (exact) mass is 369 g/mol. The van der Waals surface area contributed by atoms with Crippen LogP contribution in [0.5, 0.6) is 0 Å². The van der Waals surface area contributed by atoms with Gasteiger partial charge in [-0.3, -0.25) is 9.58 Å². The Kier molecular flexibility index (Phi) is 5.11. The third-order valence-electron chi connectivity index (χ3n) is 5.80. The topological polar surface area (TPSA) is 63.5 Å². The number of carbonyl (C=O) groups excluding carboxylic acids is 1. The molecule has 1 aromatic heterocycles. The fraction of sp³-hybridized carbons (Fsp3) is 0.550. The molecule has 2 aliphatic rings. The molecule has 0 aliphatic carbocycles. The molecule has 27 heavy (non-hydrogen) atoms. The fourth-order valence-electron chi connectivity index (χ4n) is 4.12. The largest absolute Gasteiger partial charge is 0.441 e. The molecule has 2 aromatic rings. The van der Waals surface area contributed by atoms with Crippen LogP contribution in [0, 0.1) is 0 Å². The predicted octanol–water partition coefficient (Wildman–Crippen LogP) is 2.20. The molecule has 1 aromatic carbocycles. The summed E-state index contributed by atoms with van der Waals surface area (Å²) in [5.41, 5.74) is 0.944. The number of amides is 1. The van der Waals surface area contributed by atoms with Crippen molar-refractivity contribution in [2.24, 2.45) is 0 Å². The second-order valence-corrected chi connectivity index (χ2v) is 7.71. The van der Waals surface area contributed by atoms with Gasteiger partial charge in [-0.05, 0) is 18.9 Å². The lowest BCUT2D eigenvalue weighted by atomic mass is 9.90. The van der Waals surface area contributed by atoms with Gasteiger partial charge in [0.05, 0.1) is 13.1 Å². The van der Waals surface area contributed by atoms with E-state index in [1.54, 1.807) is 12.7 Å². The highest BCUT2D eigenvalue weighted by molar-refractivity contribution is 5.70. The first-order valence-corrected chi connectivity index (χ1v) is 9.72. The van der Waals surface area contributed by atoms with E-state index >= 15 is 0 Å². The van der Waals surface area contributed by atoms with Crippen LogP contribution < -0.4 is 0 Å². The molecule has 2 aliphatic heterocycles. The first-order chi connectivity index (χ1) is 13.1. The molecule has 4 rings (SSSR count). The van der Waals surface area contributed by atoms with Gasteiger partial charge in [0, 0.05) is 38.5 Å². The molecular weight excluding hydrogens is 342 g/mol. The SMILES string of the molecule is C[C@H](Cn1cncn1)N1CCC2(CC1)CN(CCc1ccccc1)C(=O)O2. The Morgan fingerprint density at radius 3 is 2.70 bits per heavy atom. The first kappa shape index (κ1) is 18.0. The minimum Gasteiger partial charge on any atom is -0.441 e. The molecular formula is C20H27N5O2. The maximum absolute atomic E-state index is 12.4. The number of nitrogens with zero attached hydrogens (tertiary/aromatic N) is 5. The number of ether oxygens (including phenoxy) is 1. The van der Waals surface area contributed by atoms with Gasteiger partial charge < -0.3 is 9.64 Å². The maximum atomic E-state index is 12.4. The molecule has 1 spiro atoms. The summed E-state index contributed by atoms with van der Waals surface area (Å²) in [7, 11) is 0. The number of hydrogen-bond donors (Lipinski definition) is 0. The molecule has 0 bridgehead atoms. The summed E-state index contributed by atoms with van der Waals surface area (Å²) >= 11 is 0. The second kappa shape index (κ2) is 7.68. The number of rotatable bonds is 6. The summed E-state index contributed by atoms with van der Waals surface area (Å²) in [6.07, 6.45) is 5.82. The Hall–Kier alpha value is -2.41. The van der Waals surface area contributed by atoms with Gasteiger partial charge in [-0.15, -0.1) is 0 Å². The Balaban J connectivity index is 1.28. The van der Waals surface area contributed by atoms with Gasteiger partial charge in [0.15, 0.2) is 0 Å². The Labute approximate surface area is 159 Å². The smallest absolute Gasteiger partial charge is 0.410 e. The number of piperidine rings is 1. The van der Waals surface area contributed by atoms with Crippen LogP contribution in [0.2, 0.25) is 0 Å². The van der Waals surface area contributed by atoms with E-state index in [1.165, 1.54) is 5.56 Å². The summed E-state index contributed by atoms with van der Waals surface area (Å²) in [5.74, 6) is 0. The van der Waals surface area contributed by atoms with Crippen LogP contribution in [0.15, 0.2) is 43.0 Å². The van der Waals surface area contributed by atoms with E-state index in [4.69, 9.17) is 4.74 Å². The molecule has 7 nitrogen and oxygen atoms in total. The Bertz CT molecular complexity index is 741. The molecule has 2 saturated heterocycles. The van der Waals surface area contributed by atoms with Crippen LogP contribution >= 0.6 is 0 Å². The van der Waals surface area contributed by atoms with Crippen molar-refractivity contribution in [2.75, 3.05) is 26.2 Å². The van der Waals surface area contributed by atoms with Crippen LogP contribution in [0.1, 0.15) is 25.3 Å². The van der Waals surface area contributed by atoms with Crippen molar-refractivity contribution in [2.45, 2.75) is 44.4 Å². The van der Waals surface area contributed by atoms with Crippen LogP contribution in [0.25, 0.3) is 0 Å². The van der Waals surface area contributed by atoms with E-state index < -0.39 is 0 Å². The Morgan fingerprint density at radius 2 is 2.00 bits per heavy atom. The zero-order valence-corrected chi connectivity index (χ0v) is 15.8. The van der Waals surface area contributed by atoms with Gasteiger partial charge >= 0.3 is 6.09 Å². The van der Waals surface area contributed by atoms with Crippen LogP contribution in [0.3, 0.4) is 0 Å². The van der Waals surface area contributed by atoms with Gasteiger partial charge in [0.1, 0.15) is 18.3 Å². The van der Waals surface area contributed by atoms with E-state index in [0.29, 0.717) is 12.6 Å². The highest BCUT2D eigenvalue weighted by Crippen LogP contribution is 2.34. The molecule has 1 atom stereocenters. The van der Waals surface area contributed by atoms with Gasteiger partial charge in [-0.1, -0.05) is 30.3 Å². The minimum atomic E-state index is -0.308. The fourth-order valence-corrected chi connectivity index (χ4v) is 4.12. The van der Waals surface area contributed by atoms with Gasteiger partial charge in [0.25, 0.3) is 0 Å². The van der Waals surface area contributed by atoms with Crippen molar-refractivity contribution in [1.29, 1.82) is 0 Å². The molecule has 2 fully saturated rings. The third kappa shape index (κ3) is 4.13. The van der Waals surface area contributed by atoms with Crippen LogP contribution in [-0.4, -0.2) is 68.5 Å². The summed E-state index contributed by atoms with van der Waals surface area (Å²) in [6.45, 7) is 6.36. The van der Waals surface area contributed by atoms with Crippen molar-refractivity contribution < 1.29 is 9.53 Å². The standard InChI is InChI=1S/C20H27N5O2/c1-17(13-25-16-21-15-22-25)23-11-8-20(9-12-23)14-24(19(26)27-20)10-7-18-5-3-2-4-6-18/h2-6,15-17H,7-14H2,1H3/t17-/m1/s1. The molecule has 0 unspecified atom stereocenters. The van der Waals surface area contributed by atoms with Gasteiger partial charge in [-0.25, -0.2) is 9.78 Å². The van der Waals surface area contributed by atoms with Crippen molar-refractivity contribution >= 4 is 6.09 Å². The summed E-state index contributed by atoms with van der Waals surface area (Å²) in [5, 5.41) is 4.19. The van der Waals surface area contributed by atoms with E-state index in [2.05, 4.69) is 34.0 Å². The number of likely N-dealkylation sites (tertiary alicyclic amines) is 1. The lowest BCUT2D eigenvalue weighted by Crippen LogP contribution is -2.50. The van der Waals surface area contributed by atoms with E-state index in [0.717, 1.165) is 45.4 Å². The summed E-state index contributed by atoms with van der Waals surface area (Å²) < 4.78 is 7.73. The highest BCUT2D eigenvalue weighted by Gasteiger charge is 2.47. The van der Waals surface area contributed by atoms with Gasteiger partial charge in [-0.2, -0.15) is 5.10 Å². The third-order valence-corrected chi connectivity index (χ3v) is 5.80. The molecule has 1 amide bonds. The first-order valence-electron chi connectivity index (χ1n) is 9.72. The average molecular weight is 369 g/mol. The normalized spacial score (nSPS) is 20.8. The zero-order valence-electron chi connectivity index (χ0n) is 15.8. The lowest BCUT2D eigenvalue weighted by molar-refractivity contribution is -0.0102. The minimum absolute atomic E-state index is 0.157. The predicted molar refractivity (Wildman–Crippen MR) is 101 cm³/mol. The molecule has 0 radical (unpaired) electrons. The van der Waals surface area contributed by atoms with E-state index in [-0.39, 0.29) is 11.7 Å². The highest BCUT2D eigenvalue weighted by atomic mass is 16.6. The van der Waals surface area contributed by atoms with Crippen molar-refractivity contribution in [1.82, 2.24) is 24.6 Å². The number of aromatic nitrogens is 3. The molecule has 0 saturated carbocycles. The number of benzene rings is 1. The molecule has 0 N–H and O–H groups in total. The summed E-state index contributed by atoms with van der Waals surface area (Å²) in [4.78, 5) is 20.7. The zero-order chi connectivity index (χ0) is 18.7. The summed E-state index contributed by atoms with van der Waals surface area (Å²) in [6, 6.07) is 10.7. The Morgan fingerprint density at radius 1 is 1.22 bits per heavy atom. The number of hydrogen-bond acceptors (Lipinski definition) is 5. The molecule has 7 heteroatoms. The second-order valence-electron chi connectivity index (χ2n) is 7.71. The maximum Gasteiger partial charge on any atom is 0.410 e. The lowest BCUT2D eigenvalue weighted by Gasteiger charge is -2.40. The van der Waals surface area contributed by atoms with Gasteiger partial charge in [0.2, 0.25) is 0 Å². The van der Waals surface area contributed by atoms with Crippen LogP contribution in [-0.2, 0) is 17.7 Å². The van der Waals surface area contributed by atoms with Crippen molar-refractivity contribution in [3.8, 4) is 0 Å². The van der Waals surface area contributed by atoms with E-state index in [1.807, 2.05) is 27.8 Å². The van der Waals surface area contributed by atoms with E-state index in [9.17, 15) is 4.79 Å². The quantitative estimate of drug-likeness (QED) is 0.781.